The van der Waals surface area contributed by atoms with Gasteiger partial charge in [-0.2, -0.15) is 13.2 Å². The van der Waals surface area contributed by atoms with Gasteiger partial charge in [0.25, 0.3) is 5.91 Å². The number of hydrogen-bond donors (Lipinski definition) is 1. The lowest BCUT2D eigenvalue weighted by Crippen LogP contribution is -2.14. The van der Waals surface area contributed by atoms with Gasteiger partial charge in [0, 0.05) is 5.69 Å². The van der Waals surface area contributed by atoms with E-state index in [4.69, 9.17) is 11.6 Å². The Bertz CT molecular complexity index is 730. The number of amides is 1. The van der Waals surface area contributed by atoms with Gasteiger partial charge in [-0.25, -0.2) is 8.78 Å². The van der Waals surface area contributed by atoms with Crippen LogP contribution in [-0.4, -0.2) is 5.91 Å². The quantitative estimate of drug-likeness (QED) is 0.614. The standard InChI is InChI=1S/C14H7ClF5NO/c15-10-6-12(17)11(16)5-9(10)13(22)21-8-3-1-2-7(4-8)14(18,19)20/h1-6H,(H,21,22). The molecule has 0 unspecified atom stereocenters. The minimum atomic E-state index is -4.57. The Kier molecular flexibility index (Phi) is 4.37. The topological polar surface area (TPSA) is 29.1 Å². The molecule has 22 heavy (non-hydrogen) atoms. The number of halogens is 6. The summed E-state index contributed by atoms with van der Waals surface area (Å²) < 4.78 is 63.7. The van der Waals surface area contributed by atoms with E-state index in [0.717, 1.165) is 12.1 Å². The zero-order chi connectivity index (χ0) is 16.5. The second kappa shape index (κ2) is 5.92. The fourth-order valence-corrected chi connectivity index (χ4v) is 1.90. The summed E-state index contributed by atoms with van der Waals surface area (Å²) in [4.78, 5) is 11.9. The fourth-order valence-electron chi connectivity index (χ4n) is 1.67. The van der Waals surface area contributed by atoms with Crippen LogP contribution in [0.5, 0.6) is 0 Å². The second-order valence-electron chi connectivity index (χ2n) is 4.28. The molecule has 116 valence electrons. The minimum Gasteiger partial charge on any atom is -0.322 e. The number of nitrogens with one attached hydrogen (secondary N) is 1. The number of anilines is 1. The third-order valence-corrected chi connectivity index (χ3v) is 3.02. The normalized spacial score (nSPS) is 11.4. The summed E-state index contributed by atoms with van der Waals surface area (Å²) in [5.74, 6) is -3.48. The van der Waals surface area contributed by atoms with Crippen molar-refractivity contribution in [3.63, 3.8) is 0 Å². The third-order valence-electron chi connectivity index (χ3n) is 2.70. The first kappa shape index (κ1) is 16.2. The van der Waals surface area contributed by atoms with Gasteiger partial charge in [0.1, 0.15) is 0 Å². The number of alkyl halides is 3. The van der Waals surface area contributed by atoms with Crippen LogP contribution in [-0.2, 0) is 6.18 Å². The largest absolute Gasteiger partial charge is 0.416 e. The molecule has 0 aromatic heterocycles. The van der Waals surface area contributed by atoms with Crippen molar-refractivity contribution in [2.75, 3.05) is 5.32 Å². The van der Waals surface area contributed by atoms with Crippen molar-refractivity contribution in [3.05, 3.63) is 64.2 Å². The predicted octanol–water partition coefficient (Wildman–Crippen LogP) is 4.89. The highest BCUT2D eigenvalue weighted by Crippen LogP contribution is 2.31. The molecule has 1 amide bonds. The lowest BCUT2D eigenvalue weighted by atomic mass is 10.1. The van der Waals surface area contributed by atoms with Crippen molar-refractivity contribution in [1.29, 1.82) is 0 Å². The first-order valence-electron chi connectivity index (χ1n) is 5.81. The van der Waals surface area contributed by atoms with E-state index in [-0.39, 0.29) is 10.7 Å². The molecule has 0 aliphatic heterocycles. The van der Waals surface area contributed by atoms with Crippen LogP contribution in [0.1, 0.15) is 15.9 Å². The van der Waals surface area contributed by atoms with Crippen LogP contribution in [0.2, 0.25) is 5.02 Å². The van der Waals surface area contributed by atoms with Gasteiger partial charge in [0.05, 0.1) is 16.1 Å². The minimum absolute atomic E-state index is 0.152. The van der Waals surface area contributed by atoms with Gasteiger partial charge < -0.3 is 5.32 Å². The first-order chi connectivity index (χ1) is 10.2. The Morgan fingerprint density at radius 2 is 1.68 bits per heavy atom. The molecule has 2 aromatic carbocycles. The summed E-state index contributed by atoms with van der Waals surface area (Å²) in [5, 5.41) is 1.79. The van der Waals surface area contributed by atoms with E-state index in [1.54, 1.807) is 0 Å². The maximum Gasteiger partial charge on any atom is 0.416 e. The van der Waals surface area contributed by atoms with Gasteiger partial charge in [-0.3, -0.25) is 4.79 Å². The van der Waals surface area contributed by atoms with Gasteiger partial charge in [0.2, 0.25) is 0 Å². The number of hydrogen-bond acceptors (Lipinski definition) is 1. The lowest BCUT2D eigenvalue weighted by molar-refractivity contribution is -0.137. The monoisotopic (exact) mass is 335 g/mol. The zero-order valence-corrected chi connectivity index (χ0v) is 11.4. The first-order valence-corrected chi connectivity index (χ1v) is 6.19. The molecule has 1 N–H and O–H groups in total. The van der Waals surface area contributed by atoms with Crippen molar-refractivity contribution in [2.24, 2.45) is 0 Å². The van der Waals surface area contributed by atoms with Crippen molar-refractivity contribution in [1.82, 2.24) is 0 Å². The SMILES string of the molecule is O=C(Nc1cccc(C(F)(F)F)c1)c1cc(F)c(F)cc1Cl. The van der Waals surface area contributed by atoms with Gasteiger partial charge in [-0.15, -0.1) is 0 Å². The summed E-state index contributed by atoms with van der Waals surface area (Å²) in [6.07, 6.45) is -4.57. The molecule has 0 radical (unpaired) electrons. The lowest BCUT2D eigenvalue weighted by Gasteiger charge is -2.10. The molecular weight excluding hydrogens is 329 g/mol. The maximum absolute atomic E-state index is 13.1. The summed E-state index contributed by atoms with van der Waals surface area (Å²) in [5.41, 5.74) is -1.50. The molecular formula is C14H7ClF5NO. The number of carbonyl (C=O) groups is 1. The van der Waals surface area contributed by atoms with Crippen LogP contribution in [0, 0.1) is 11.6 Å². The van der Waals surface area contributed by atoms with E-state index in [1.165, 1.54) is 6.07 Å². The average Bonchev–Trinajstić information content (AvgIpc) is 2.42. The van der Waals surface area contributed by atoms with E-state index >= 15 is 0 Å². The Morgan fingerprint density at radius 1 is 1.05 bits per heavy atom. The van der Waals surface area contributed by atoms with E-state index in [0.29, 0.717) is 18.2 Å². The average molecular weight is 336 g/mol. The number of rotatable bonds is 2. The second-order valence-corrected chi connectivity index (χ2v) is 4.69. The van der Waals surface area contributed by atoms with Gasteiger partial charge in [-0.1, -0.05) is 17.7 Å². The van der Waals surface area contributed by atoms with Crippen LogP contribution >= 0.6 is 11.6 Å². The predicted molar refractivity (Wildman–Crippen MR) is 70.8 cm³/mol. The van der Waals surface area contributed by atoms with Crippen LogP contribution in [0.4, 0.5) is 27.6 Å². The van der Waals surface area contributed by atoms with Gasteiger partial charge in [-0.05, 0) is 30.3 Å². The molecule has 0 saturated carbocycles. The summed E-state index contributed by atoms with van der Waals surface area (Å²) in [6, 6.07) is 5.05. The summed E-state index contributed by atoms with van der Waals surface area (Å²) >= 11 is 5.62. The molecule has 2 nitrogen and oxygen atoms in total. The molecule has 2 aromatic rings. The van der Waals surface area contributed by atoms with E-state index < -0.39 is 34.8 Å². The molecule has 0 spiro atoms. The number of benzene rings is 2. The molecule has 0 atom stereocenters. The van der Waals surface area contributed by atoms with Crippen molar-refractivity contribution >= 4 is 23.2 Å². The highest BCUT2D eigenvalue weighted by atomic mass is 35.5. The number of carbonyl (C=O) groups excluding carboxylic acids is 1. The zero-order valence-electron chi connectivity index (χ0n) is 10.6. The smallest absolute Gasteiger partial charge is 0.322 e. The Morgan fingerprint density at radius 3 is 2.32 bits per heavy atom. The van der Waals surface area contributed by atoms with Crippen molar-refractivity contribution < 1.29 is 26.7 Å². The summed E-state index contributed by atoms with van der Waals surface area (Å²) in [7, 11) is 0. The fraction of sp³-hybridized carbons (Fsp3) is 0.0714. The Balaban J connectivity index is 2.28. The molecule has 0 aliphatic rings. The van der Waals surface area contributed by atoms with Crippen LogP contribution < -0.4 is 5.32 Å². The summed E-state index contributed by atoms with van der Waals surface area (Å²) in [6.45, 7) is 0. The highest BCUT2D eigenvalue weighted by molar-refractivity contribution is 6.34. The maximum atomic E-state index is 13.1. The molecule has 0 fully saturated rings. The molecule has 0 heterocycles. The Labute approximate surface area is 126 Å². The van der Waals surface area contributed by atoms with Gasteiger partial charge >= 0.3 is 6.18 Å². The van der Waals surface area contributed by atoms with E-state index in [1.807, 2.05) is 0 Å². The van der Waals surface area contributed by atoms with Crippen LogP contribution in [0.25, 0.3) is 0 Å². The Hall–Kier alpha value is -2.15. The highest BCUT2D eigenvalue weighted by Gasteiger charge is 2.30. The van der Waals surface area contributed by atoms with Crippen LogP contribution in [0.3, 0.4) is 0 Å². The van der Waals surface area contributed by atoms with Gasteiger partial charge in [0.15, 0.2) is 11.6 Å². The van der Waals surface area contributed by atoms with Crippen molar-refractivity contribution in [3.8, 4) is 0 Å². The molecule has 8 heteroatoms. The van der Waals surface area contributed by atoms with Crippen molar-refractivity contribution in [2.45, 2.75) is 6.18 Å². The third kappa shape index (κ3) is 3.54. The van der Waals surface area contributed by atoms with Crippen LogP contribution in [0.15, 0.2) is 36.4 Å². The molecule has 0 bridgehead atoms. The van der Waals surface area contributed by atoms with E-state index in [2.05, 4.69) is 5.32 Å². The molecule has 0 aliphatic carbocycles. The van der Waals surface area contributed by atoms with E-state index in [9.17, 15) is 26.7 Å². The molecule has 2 rings (SSSR count). The molecule has 0 saturated heterocycles.